The van der Waals surface area contributed by atoms with E-state index in [2.05, 4.69) is 5.32 Å². The van der Waals surface area contributed by atoms with Crippen LogP contribution in [-0.2, 0) is 9.53 Å². The molecule has 0 spiro atoms. The number of hydrogen-bond acceptors (Lipinski definition) is 5. The minimum atomic E-state index is -0.709. The Hall–Kier alpha value is -3.26. The van der Waals surface area contributed by atoms with E-state index in [4.69, 9.17) is 22.1 Å². The van der Waals surface area contributed by atoms with Gasteiger partial charge in [0.25, 0.3) is 5.91 Å². The van der Waals surface area contributed by atoms with Crippen LogP contribution in [0.15, 0.2) is 48.5 Å². The normalized spacial score (nSPS) is 13.7. The van der Waals surface area contributed by atoms with Crippen molar-refractivity contribution in [2.24, 2.45) is 0 Å². The average molecular weight is 417 g/mol. The third-order valence-corrected chi connectivity index (χ3v) is 4.87. The maximum atomic E-state index is 12.3. The summed E-state index contributed by atoms with van der Waals surface area (Å²) < 4.78 is 5.07. The third kappa shape index (κ3) is 5.17. The summed E-state index contributed by atoms with van der Waals surface area (Å²) in [6.07, 6.45) is 0. The number of anilines is 2. The number of nitrogens with two attached hydrogens (primary N) is 1. The number of piperazine rings is 1. The minimum absolute atomic E-state index is 0.115. The second-order valence-corrected chi connectivity index (χ2v) is 6.85. The zero-order valence-electron chi connectivity index (χ0n) is 15.6. The van der Waals surface area contributed by atoms with Crippen LogP contribution in [0.3, 0.4) is 0 Å². The van der Waals surface area contributed by atoms with Crippen LogP contribution in [-0.4, -0.2) is 60.5 Å². The standard InChI is InChI=1S/C20H21ClN4O4/c21-16-8-4-7-15(18(16)22)19(27)29-13-17(26)24-9-11-25(12-10-24)20(28)23-14-5-2-1-3-6-14/h1-8H,9-13,22H2,(H,23,28). The van der Waals surface area contributed by atoms with Crippen molar-refractivity contribution in [3.63, 3.8) is 0 Å². The lowest BCUT2D eigenvalue weighted by Gasteiger charge is -2.34. The lowest BCUT2D eigenvalue weighted by Crippen LogP contribution is -2.52. The number of halogens is 1. The van der Waals surface area contributed by atoms with Crippen molar-refractivity contribution < 1.29 is 19.1 Å². The molecule has 0 aromatic heterocycles. The number of benzene rings is 2. The lowest BCUT2D eigenvalue weighted by molar-refractivity contribution is -0.135. The van der Waals surface area contributed by atoms with Gasteiger partial charge in [-0.25, -0.2) is 9.59 Å². The Balaban J connectivity index is 1.45. The molecule has 0 radical (unpaired) electrons. The Morgan fingerprint density at radius 1 is 0.966 bits per heavy atom. The monoisotopic (exact) mass is 416 g/mol. The second-order valence-electron chi connectivity index (χ2n) is 6.44. The number of amides is 3. The van der Waals surface area contributed by atoms with Crippen LogP contribution in [0.5, 0.6) is 0 Å². The van der Waals surface area contributed by atoms with Gasteiger partial charge in [0.2, 0.25) is 0 Å². The number of esters is 1. The molecule has 0 saturated carbocycles. The van der Waals surface area contributed by atoms with Crippen LogP contribution < -0.4 is 11.1 Å². The van der Waals surface area contributed by atoms with Gasteiger partial charge in [0, 0.05) is 31.9 Å². The van der Waals surface area contributed by atoms with Gasteiger partial charge in [-0.3, -0.25) is 4.79 Å². The maximum Gasteiger partial charge on any atom is 0.340 e. The van der Waals surface area contributed by atoms with E-state index >= 15 is 0 Å². The van der Waals surface area contributed by atoms with Crippen molar-refractivity contribution in [1.82, 2.24) is 9.80 Å². The van der Waals surface area contributed by atoms with E-state index in [9.17, 15) is 14.4 Å². The third-order valence-electron chi connectivity index (χ3n) is 4.54. The molecule has 3 N–H and O–H groups in total. The van der Waals surface area contributed by atoms with Crippen molar-refractivity contribution >= 4 is 40.9 Å². The first-order chi connectivity index (χ1) is 14.0. The topological polar surface area (TPSA) is 105 Å². The fourth-order valence-electron chi connectivity index (χ4n) is 2.89. The van der Waals surface area contributed by atoms with E-state index < -0.39 is 12.6 Å². The molecule has 0 atom stereocenters. The van der Waals surface area contributed by atoms with Gasteiger partial charge in [0.15, 0.2) is 6.61 Å². The number of ether oxygens (including phenoxy) is 1. The van der Waals surface area contributed by atoms with Crippen LogP contribution in [0, 0.1) is 0 Å². The van der Waals surface area contributed by atoms with E-state index in [1.807, 2.05) is 18.2 Å². The molecule has 0 aliphatic carbocycles. The summed E-state index contributed by atoms with van der Waals surface area (Å²) in [5.41, 5.74) is 6.70. The molecule has 0 unspecified atom stereocenters. The zero-order chi connectivity index (χ0) is 20.8. The number of hydrogen-bond donors (Lipinski definition) is 2. The number of nitrogen functional groups attached to an aromatic ring is 1. The average Bonchev–Trinajstić information content (AvgIpc) is 2.74. The zero-order valence-corrected chi connectivity index (χ0v) is 16.4. The number of urea groups is 1. The number of nitrogens with one attached hydrogen (secondary N) is 1. The van der Waals surface area contributed by atoms with Crippen molar-refractivity contribution in [2.75, 3.05) is 43.8 Å². The van der Waals surface area contributed by atoms with Crippen molar-refractivity contribution in [3.05, 3.63) is 59.1 Å². The number of para-hydroxylation sites is 2. The van der Waals surface area contributed by atoms with E-state index in [1.165, 1.54) is 6.07 Å². The number of carbonyl (C=O) groups is 3. The Morgan fingerprint density at radius 3 is 2.31 bits per heavy atom. The van der Waals surface area contributed by atoms with Crippen LogP contribution in [0.2, 0.25) is 5.02 Å². The first kappa shape index (κ1) is 20.5. The van der Waals surface area contributed by atoms with Crippen LogP contribution in [0.1, 0.15) is 10.4 Å². The first-order valence-electron chi connectivity index (χ1n) is 9.05. The lowest BCUT2D eigenvalue weighted by atomic mass is 10.2. The molecule has 0 bridgehead atoms. The molecule has 1 aliphatic heterocycles. The van der Waals surface area contributed by atoms with Crippen molar-refractivity contribution in [2.45, 2.75) is 0 Å². The quantitative estimate of drug-likeness (QED) is 0.588. The Bertz CT molecular complexity index is 899. The summed E-state index contributed by atoms with van der Waals surface area (Å²) in [6, 6.07) is 13.6. The minimum Gasteiger partial charge on any atom is -0.452 e. The number of carbonyl (C=O) groups excluding carboxylic acids is 3. The van der Waals surface area contributed by atoms with E-state index in [-0.39, 0.29) is 28.2 Å². The molecule has 3 amide bonds. The predicted molar refractivity (Wildman–Crippen MR) is 110 cm³/mol. The molecule has 152 valence electrons. The molecule has 1 aliphatic rings. The van der Waals surface area contributed by atoms with E-state index in [0.717, 1.165) is 0 Å². The Morgan fingerprint density at radius 2 is 1.62 bits per heavy atom. The van der Waals surface area contributed by atoms with E-state index in [1.54, 1.807) is 34.1 Å². The molecule has 1 heterocycles. The summed E-state index contributed by atoms with van der Waals surface area (Å²) in [4.78, 5) is 39.9. The van der Waals surface area contributed by atoms with Gasteiger partial charge >= 0.3 is 12.0 Å². The highest BCUT2D eigenvalue weighted by molar-refractivity contribution is 6.33. The summed E-state index contributed by atoms with van der Waals surface area (Å²) in [5, 5.41) is 3.06. The van der Waals surface area contributed by atoms with Gasteiger partial charge < -0.3 is 25.6 Å². The van der Waals surface area contributed by atoms with Gasteiger partial charge in [-0.15, -0.1) is 0 Å². The fraction of sp³-hybridized carbons (Fsp3) is 0.250. The molecule has 1 saturated heterocycles. The largest absolute Gasteiger partial charge is 0.452 e. The first-order valence-corrected chi connectivity index (χ1v) is 9.43. The van der Waals surface area contributed by atoms with E-state index in [0.29, 0.717) is 31.9 Å². The highest BCUT2D eigenvalue weighted by Crippen LogP contribution is 2.23. The Kier molecular flexibility index (Phi) is 6.56. The number of nitrogens with zero attached hydrogens (tertiary/aromatic N) is 2. The van der Waals surface area contributed by atoms with Crippen LogP contribution in [0.4, 0.5) is 16.2 Å². The van der Waals surface area contributed by atoms with Gasteiger partial charge in [-0.05, 0) is 24.3 Å². The van der Waals surface area contributed by atoms with Gasteiger partial charge in [-0.2, -0.15) is 0 Å². The highest BCUT2D eigenvalue weighted by Gasteiger charge is 2.25. The Labute approximate surface area is 173 Å². The molecule has 9 heteroatoms. The molecule has 2 aromatic carbocycles. The molecule has 2 aromatic rings. The van der Waals surface area contributed by atoms with Crippen molar-refractivity contribution in [1.29, 1.82) is 0 Å². The molecule has 1 fully saturated rings. The predicted octanol–water partition coefficient (Wildman–Crippen LogP) is 2.46. The van der Waals surface area contributed by atoms with Crippen LogP contribution >= 0.6 is 11.6 Å². The molecule has 3 rings (SSSR count). The smallest absolute Gasteiger partial charge is 0.340 e. The van der Waals surface area contributed by atoms with Crippen molar-refractivity contribution in [3.8, 4) is 0 Å². The van der Waals surface area contributed by atoms with Gasteiger partial charge in [-0.1, -0.05) is 35.9 Å². The highest BCUT2D eigenvalue weighted by atomic mass is 35.5. The summed E-state index contributed by atoms with van der Waals surface area (Å²) in [6.45, 7) is 1.09. The molecular weight excluding hydrogens is 396 g/mol. The van der Waals surface area contributed by atoms with Crippen LogP contribution in [0.25, 0.3) is 0 Å². The maximum absolute atomic E-state index is 12.3. The molecule has 29 heavy (non-hydrogen) atoms. The summed E-state index contributed by atoms with van der Waals surface area (Å²) in [7, 11) is 0. The molecular formula is C20H21ClN4O4. The second kappa shape index (κ2) is 9.29. The molecule has 8 nitrogen and oxygen atoms in total. The van der Waals surface area contributed by atoms with Gasteiger partial charge in [0.05, 0.1) is 16.3 Å². The number of rotatable bonds is 4. The fourth-order valence-corrected chi connectivity index (χ4v) is 3.07. The summed E-state index contributed by atoms with van der Waals surface area (Å²) >= 11 is 5.89. The SMILES string of the molecule is Nc1c(Cl)cccc1C(=O)OCC(=O)N1CCN(C(=O)Nc2ccccc2)CC1. The summed E-state index contributed by atoms with van der Waals surface area (Å²) in [5.74, 6) is -1.04. The van der Waals surface area contributed by atoms with Gasteiger partial charge in [0.1, 0.15) is 0 Å².